The van der Waals surface area contributed by atoms with Crippen LogP contribution in [0.4, 0.5) is 0 Å². The van der Waals surface area contributed by atoms with E-state index in [-0.39, 0.29) is 43.9 Å². The first kappa shape index (κ1) is 38.5. The molecule has 0 unspecified atom stereocenters. The Kier molecular flexibility index (Phi) is 16.2. The van der Waals surface area contributed by atoms with Crippen molar-refractivity contribution < 1.29 is 43.8 Å². The molecule has 10 N–H and O–H groups in total. The molecule has 0 saturated carbocycles. The van der Waals surface area contributed by atoms with Crippen LogP contribution in [0.5, 0.6) is 0 Å². The molecule has 0 spiro atoms. The Morgan fingerprint density at radius 2 is 1.16 bits per heavy atom. The SMILES string of the molecule is CC(C)C[C@H](NC(=O)[C@H](CC(C)C)NC(=O)[C@H](Cc1ccccc1)NC(=O)[C@H](CCC(N)=O)NC(=O)[C@@H](N)CC(=O)O)C(=O)O. The summed E-state index contributed by atoms with van der Waals surface area (Å²) in [5.41, 5.74) is 11.5. The molecule has 5 amide bonds. The summed E-state index contributed by atoms with van der Waals surface area (Å²) in [6, 6.07) is 2.14. The summed E-state index contributed by atoms with van der Waals surface area (Å²) in [6.45, 7) is 7.26. The van der Waals surface area contributed by atoms with Gasteiger partial charge in [0.15, 0.2) is 0 Å². The lowest BCUT2D eigenvalue weighted by Crippen LogP contribution is -2.59. The fourth-order valence-electron chi connectivity index (χ4n) is 4.39. The van der Waals surface area contributed by atoms with Crippen LogP contribution in [0.15, 0.2) is 30.3 Å². The van der Waals surface area contributed by atoms with Crippen molar-refractivity contribution in [3.05, 3.63) is 35.9 Å². The van der Waals surface area contributed by atoms with Crippen molar-refractivity contribution in [3.8, 4) is 0 Å². The zero-order valence-corrected chi connectivity index (χ0v) is 26.1. The van der Waals surface area contributed by atoms with Gasteiger partial charge in [0, 0.05) is 12.8 Å². The zero-order valence-electron chi connectivity index (χ0n) is 26.1. The monoisotopic (exact) mass is 634 g/mol. The van der Waals surface area contributed by atoms with Gasteiger partial charge in [-0.3, -0.25) is 28.8 Å². The lowest BCUT2D eigenvalue weighted by molar-refractivity contribution is -0.143. The van der Waals surface area contributed by atoms with Gasteiger partial charge in [-0.2, -0.15) is 0 Å². The molecule has 5 atom stereocenters. The Bertz CT molecular complexity index is 1190. The van der Waals surface area contributed by atoms with Crippen molar-refractivity contribution in [1.29, 1.82) is 0 Å². The Hall–Kier alpha value is -4.53. The van der Waals surface area contributed by atoms with E-state index in [1.54, 1.807) is 30.3 Å². The third-order valence-corrected chi connectivity index (χ3v) is 6.62. The predicted molar refractivity (Wildman–Crippen MR) is 163 cm³/mol. The number of nitrogens with one attached hydrogen (secondary N) is 4. The molecular weight excluding hydrogens is 588 g/mol. The second-order valence-corrected chi connectivity index (χ2v) is 11.7. The van der Waals surface area contributed by atoms with E-state index in [1.165, 1.54) is 0 Å². The number of amides is 5. The molecule has 0 aliphatic rings. The van der Waals surface area contributed by atoms with Crippen LogP contribution >= 0.6 is 0 Å². The average molecular weight is 635 g/mol. The summed E-state index contributed by atoms with van der Waals surface area (Å²) < 4.78 is 0. The first-order chi connectivity index (χ1) is 21.0. The molecule has 0 aliphatic carbocycles. The van der Waals surface area contributed by atoms with Crippen molar-refractivity contribution in [2.24, 2.45) is 23.3 Å². The van der Waals surface area contributed by atoms with Crippen LogP contribution < -0.4 is 32.7 Å². The number of primary amides is 1. The lowest BCUT2D eigenvalue weighted by atomic mass is 9.99. The maximum atomic E-state index is 13.6. The highest BCUT2D eigenvalue weighted by Gasteiger charge is 2.32. The van der Waals surface area contributed by atoms with Crippen LogP contribution in [0.3, 0.4) is 0 Å². The number of hydrogen-bond donors (Lipinski definition) is 8. The molecule has 1 aromatic carbocycles. The normalized spacial score (nSPS) is 14.4. The molecular formula is C30H46N6O9. The quantitative estimate of drug-likeness (QED) is 0.0904. The second kappa shape index (κ2) is 19.0. The number of aliphatic carboxylic acids is 2. The molecule has 1 aromatic rings. The van der Waals surface area contributed by atoms with Gasteiger partial charge >= 0.3 is 11.9 Å². The van der Waals surface area contributed by atoms with Crippen molar-refractivity contribution >= 4 is 41.5 Å². The summed E-state index contributed by atoms with van der Waals surface area (Å²) in [6.07, 6.45) is -0.999. The van der Waals surface area contributed by atoms with Crippen LogP contribution in [-0.4, -0.2) is 81.9 Å². The highest BCUT2D eigenvalue weighted by molar-refractivity contribution is 5.96. The zero-order chi connectivity index (χ0) is 34.3. The first-order valence-corrected chi connectivity index (χ1v) is 14.7. The maximum Gasteiger partial charge on any atom is 0.326 e. The van der Waals surface area contributed by atoms with Gasteiger partial charge in [0.1, 0.15) is 24.2 Å². The molecule has 45 heavy (non-hydrogen) atoms. The van der Waals surface area contributed by atoms with Gasteiger partial charge in [-0.25, -0.2) is 4.79 Å². The molecule has 250 valence electrons. The minimum atomic E-state index is -1.49. The Labute approximate surface area is 262 Å². The van der Waals surface area contributed by atoms with Crippen LogP contribution in [-0.2, 0) is 40.0 Å². The fraction of sp³-hybridized carbons (Fsp3) is 0.567. The number of nitrogens with two attached hydrogens (primary N) is 2. The third-order valence-electron chi connectivity index (χ3n) is 6.62. The van der Waals surface area contributed by atoms with Crippen molar-refractivity contribution in [3.63, 3.8) is 0 Å². The van der Waals surface area contributed by atoms with Crippen LogP contribution in [0, 0.1) is 11.8 Å². The third kappa shape index (κ3) is 15.2. The number of benzene rings is 1. The largest absolute Gasteiger partial charge is 0.481 e. The van der Waals surface area contributed by atoms with Gasteiger partial charge in [-0.1, -0.05) is 58.0 Å². The van der Waals surface area contributed by atoms with E-state index in [0.717, 1.165) is 0 Å². The number of carboxylic acids is 2. The predicted octanol–water partition coefficient (Wildman–Crippen LogP) is -0.587. The standard InChI is InChI=1S/C30H46N6O9/c1-16(2)12-21(28(42)36-23(30(44)45)13-17(3)4)34-29(43)22(14-18-8-6-5-7-9-18)35-27(41)20(10-11-24(32)37)33-26(40)19(31)15-25(38)39/h5-9,16-17,19-23H,10-15,31H2,1-4H3,(H2,32,37)(H,33,40)(H,34,43)(H,35,41)(H,36,42)(H,38,39)(H,44,45)/t19-,20-,21-,22-,23-/m0/s1. The summed E-state index contributed by atoms with van der Waals surface area (Å²) in [5, 5.41) is 28.5. The van der Waals surface area contributed by atoms with E-state index < -0.39 is 78.1 Å². The van der Waals surface area contributed by atoms with Gasteiger partial charge in [-0.15, -0.1) is 0 Å². The Balaban J connectivity index is 3.30. The fourth-order valence-corrected chi connectivity index (χ4v) is 4.39. The Morgan fingerprint density at radius 1 is 0.689 bits per heavy atom. The summed E-state index contributed by atoms with van der Waals surface area (Å²) in [4.78, 5) is 87.0. The molecule has 0 fully saturated rings. The Morgan fingerprint density at radius 3 is 1.67 bits per heavy atom. The number of rotatable bonds is 20. The van der Waals surface area contributed by atoms with E-state index in [9.17, 15) is 38.7 Å². The number of hydrogen-bond acceptors (Lipinski definition) is 8. The van der Waals surface area contributed by atoms with Gasteiger partial charge in [0.05, 0.1) is 12.5 Å². The summed E-state index contributed by atoms with van der Waals surface area (Å²) in [7, 11) is 0. The van der Waals surface area contributed by atoms with Crippen molar-refractivity contribution in [2.75, 3.05) is 0 Å². The summed E-state index contributed by atoms with van der Waals surface area (Å²) >= 11 is 0. The van der Waals surface area contributed by atoms with E-state index in [1.807, 2.05) is 27.7 Å². The molecule has 1 rings (SSSR count). The molecule has 0 bridgehead atoms. The maximum absolute atomic E-state index is 13.6. The van der Waals surface area contributed by atoms with E-state index in [2.05, 4.69) is 21.3 Å². The average Bonchev–Trinajstić information content (AvgIpc) is 2.93. The van der Waals surface area contributed by atoms with E-state index in [4.69, 9.17) is 16.6 Å². The molecule has 0 heterocycles. The lowest BCUT2D eigenvalue weighted by Gasteiger charge is -2.27. The molecule has 0 saturated heterocycles. The van der Waals surface area contributed by atoms with Crippen LogP contribution in [0.2, 0.25) is 0 Å². The minimum absolute atomic E-state index is 0.0308. The number of carbonyl (C=O) groups excluding carboxylic acids is 5. The van der Waals surface area contributed by atoms with E-state index in [0.29, 0.717) is 5.56 Å². The second-order valence-electron chi connectivity index (χ2n) is 11.7. The molecule has 15 nitrogen and oxygen atoms in total. The number of carbonyl (C=O) groups is 7. The van der Waals surface area contributed by atoms with Crippen molar-refractivity contribution in [1.82, 2.24) is 21.3 Å². The molecule has 15 heteroatoms. The highest BCUT2D eigenvalue weighted by Crippen LogP contribution is 2.11. The minimum Gasteiger partial charge on any atom is -0.481 e. The molecule has 0 aromatic heterocycles. The van der Waals surface area contributed by atoms with E-state index >= 15 is 0 Å². The first-order valence-electron chi connectivity index (χ1n) is 14.7. The van der Waals surface area contributed by atoms with Gasteiger partial charge in [0.25, 0.3) is 0 Å². The van der Waals surface area contributed by atoms with Gasteiger partial charge in [-0.05, 0) is 36.7 Å². The van der Waals surface area contributed by atoms with Crippen LogP contribution in [0.1, 0.15) is 65.4 Å². The topological polar surface area (TPSA) is 260 Å². The van der Waals surface area contributed by atoms with Crippen molar-refractivity contribution in [2.45, 2.75) is 96.4 Å². The van der Waals surface area contributed by atoms with Gasteiger partial charge in [0.2, 0.25) is 29.5 Å². The highest BCUT2D eigenvalue weighted by atomic mass is 16.4. The molecule has 0 radical (unpaired) electrons. The van der Waals surface area contributed by atoms with Crippen LogP contribution in [0.25, 0.3) is 0 Å². The summed E-state index contributed by atoms with van der Waals surface area (Å²) in [5.74, 6) is -6.74. The van der Waals surface area contributed by atoms with Gasteiger partial charge < -0.3 is 42.9 Å². The molecule has 0 aliphatic heterocycles. The number of carboxylic acid groups (broad SMARTS) is 2. The smallest absolute Gasteiger partial charge is 0.326 e.